The van der Waals surface area contributed by atoms with Gasteiger partial charge in [0.15, 0.2) is 0 Å². The number of ether oxygens (including phenoxy) is 2. The zero-order valence-corrected chi connectivity index (χ0v) is 14.6. The van der Waals surface area contributed by atoms with Crippen LogP contribution in [0.3, 0.4) is 0 Å². The van der Waals surface area contributed by atoms with Gasteiger partial charge in [-0.05, 0) is 48.0 Å². The Kier molecular flexibility index (Phi) is 5.47. The summed E-state index contributed by atoms with van der Waals surface area (Å²) >= 11 is 0. The molecule has 0 unspecified atom stereocenters. The fourth-order valence-corrected chi connectivity index (χ4v) is 2.52. The van der Waals surface area contributed by atoms with Crippen LogP contribution < -0.4 is 0 Å². The summed E-state index contributed by atoms with van der Waals surface area (Å²) in [5.41, 5.74) is -1.39. The fraction of sp³-hybridized carbons (Fsp3) is 0.875. The highest BCUT2D eigenvalue weighted by Crippen LogP contribution is 2.32. The van der Waals surface area contributed by atoms with Crippen molar-refractivity contribution in [1.82, 2.24) is 4.90 Å². The maximum atomic E-state index is 14.2. The second-order valence-electron chi connectivity index (χ2n) is 7.70. The lowest BCUT2D eigenvalue weighted by Crippen LogP contribution is -2.47. The third-order valence-electron chi connectivity index (χ3n) is 3.32. The first kappa shape index (κ1) is 18.7. The summed E-state index contributed by atoms with van der Waals surface area (Å²) in [6, 6.07) is -0.936. The van der Waals surface area contributed by atoms with Crippen molar-refractivity contribution in [3.63, 3.8) is 0 Å². The molecule has 0 N–H and O–H groups in total. The van der Waals surface area contributed by atoms with Gasteiger partial charge in [0.1, 0.15) is 23.4 Å². The lowest BCUT2D eigenvalue weighted by molar-refractivity contribution is -0.161. The Morgan fingerprint density at radius 2 is 1.59 bits per heavy atom. The molecule has 1 fully saturated rings. The highest BCUT2D eigenvalue weighted by molar-refractivity contribution is 5.83. The number of halogens is 1. The van der Waals surface area contributed by atoms with Crippen LogP contribution in [0.2, 0.25) is 0 Å². The van der Waals surface area contributed by atoms with Crippen molar-refractivity contribution in [2.75, 3.05) is 6.54 Å². The molecule has 0 aliphatic carbocycles. The van der Waals surface area contributed by atoms with Gasteiger partial charge in [-0.3, -0.25) is 4.90 Å². The van der Waals surface area contributed by atoms with E-state index in [0.29, 0.717) is 6.42 Å². The Morgan fingerprint density at radius 3 is 2.00 bits per heavy atom. The summed E-state index contributed by atoms with van der Waals surface area (Å²) in [6.45, 7) is 12.1. The SMILES string of the molecule is CC[C@@H]1[C@H](F)CN(C(=O)OC(C)(C)C)[C@@H]1C(=O)OC(C)(C)C. The van der Waals surface area contributed by atoms with E-state index in [4.69, 9.17) is 9.47 Å². The summed E-state index contributed by atoms with van der Waals surface area (Å²) in [5, 5.41) is 0. The van der Waals surface area contributed by atoms with Crippen LogP contribution in [0, 0.1) is 5.92 Å². The first-order chi connectivity index (χ1) is 9.85. The van der Waals surface area contributed by atoms with Crippen LogP contribution in [0.5, 0.6) is 0 Å². The molecule has 6 heteroatoms. The van der Waals surface area contributed by atoms with Crippen LogP contribution >= 0.6 is 0 Å². The minimum Gasteiger partial charge on any atom is -0.458 e. The molecule has 1 amide bonds. The molecule has 5 nitrogen and oxygen atoms in total. The van der Waals surface area contributed by atoms with E-state index in [2.05, 4.69) is 0 Å². The van der Waals surface area contributed by atoms with Crippen LogP contribution in [0.4, 0.5) is 9.18 Å². The monoisotopic (exact) mass is 317 g/mol. The van der Waals surface area contributed by atoms with Gasteiger partial charge in [0.05, 0.1) is 6.54 Å². The summed E-state index contributed by atoms with van der Waals surface area (Å²) in [6.07, 6.45) is -1.48. The van der Waals surface area contributed by atoms with Crippen molar-refractivity contribution in [3.8, 4) is 0 Å². The first-order valence-electron chi connectivity index (χ1n) is 7.72. The Morgan fingerprint density at radius 1 is 1.09 bits per heavy atom. The third kappa shape index (κ3) is 4.85. The predicted octanol–water partition coefficient (Wildman–Crippen LogP) is 3.31. The number of hydrogen-bond acceptors (Lipinski definition) is 4. The standard InChI is InChI=1S/C16H28FNO4/c1-8-10-11(17)9-18(14(20)22-16(5,6)7)12(10)13(19)21-15(2,3)4/h10-12H,8-9H2,1-7H3/t10-,11-,12+/m1/s1. The van der Waals surface area contributed by atoms with Crippen LogP contribution in [0.25, 0.3) is 0 Å². The molecule has 0 spiro atoms. The highest BCUT2D eigenvalue weighted by atomic mass is 19.1. The van der Waals surface area contributed by atoms with Crippen LogP contribution in [-0.2, 0) is 14.3 Å². The second-order valence-corrected chi connectivity index (χ2v) is 7.70. The molecule has 1 rings (SSSR count). The van der Waals surface area contributed by atoms with Gasteiger partial charge in [-0.2, -0.15) is 0 Å². The molecule has 3 atom stereocenters. The number of rotatable bonds is 2. The molecule has 22 heavy (non-hydrogen) atoms. The van der Waals surface area contributed by atoms with E-state index in [1.165, 1.54) is 0 Å². The number of esters is 1. The minimum absolute atomic E-state index is 0.142. The number of carbonyl (C=O) groups is 2. The average molecular weight is 317 g/mol. The number of alkyl halides is 1. The quantitative estimate of drug-likeness (QED) is 0.733. The topological polar surface area (TPSA) is 55.8 Å². The smallest absolute Gasteiger partial charge is 0.411 e. The average Bonchev–Trinajstić information content (AvgIpc) is 2.61. The number of carbonyl (C=O) groups excluding carboxylic acids is 2. The van der Waals surface area contributed by atoms with Crippen molar-refractivity contribution < 1.29 is 23.5 Å². The van der Waals surface area contributed by atoms with Crippen molar-refractivity contribution >= 4 is 12.1 Å². The van der Waals surface area contributed by atoms with Crippen LogP contribution in [0.15, 0.2) is 0 Å². The maximum absolute atomic E-state index is 14.2. The Hall–Kier alpha value is -1.33. The van der Waals surface area contributed by atoms with E-state index < -0.39 is 41.4 Å². The molecular weight excluding hydrogens is 289 g/mol. The van der Waals surface area contributed by atoms with E-state index >= 15 is 0 Å². The van der Waals surface area contributed by atoms with Gasteiger partial charge >= 0.3 is 12.1 Å². The number of hydrogen-bond donors (Lipinski definition) is 0. The van der Waals surface area contributed by atoms with Crippen molar-refractivity contribution in [1.29, 1.82) is 0 Å². The van der Waals surface area contributed by atoms with Gasteiger partial charge in [-0.15, -0.1) is 0 Å². The molecule has 0 saturated carbocycles. The van der Waals surface area contributed by atoms with E-state index in [0.717, 1.165) is 4.90 Å². The van der Waals surface area contributed by atoms with Crippen molar-refractivity contribution in [2.24, 2.45) is 5.92 Å². The Balaban J connectivity index is 2.99. The summed E-state index contributed by atoms with van der Waals surface area (Å²) in [7, 11) is 0. The number of likely N-dealkylation sites (tertiary alicyclic amines) is 1. The van der Waals surface area contributed by atoms with Gasteiger partial charge in [-0.25, -0.2) is 14.0 Å². The molecule has 128 valence electrons. The Bertz CT molecular complexity index is 425. The van der Waals surface area contributed by atoms with E-state index in [-0.39, 0.29) is 6.54 Å². The molecule has 0 aromatic heterocycles. The van der Waals surface area contributed by atoms with E-state index in [1.54, 1.807) is 48.5 Å². The van der Waals surface area contributed by atoms with Gasteiger partial charge in [0.25, 0.3) is 0 Å². The van der Waals surface area contributed by atoms with E-state index in [9.17, 15) is 14.0 Å². The summed E-state index contributed by atoms with van der Waals surface area (Å²) in [5.74, 6) is -1.15. The zero-order chi connectivity index (χ0) is 17.3. The zero-order valence-electron chi connectivity index (χ0n) is 14.6. The van der Waals surface area contributed by atoms with Crippen molar-refractivity contribution in [2.45, 2.75) is 78.3 Å². The minimum atomic E-state index is -1.25. The molecular formula is C16H28FNO4. The van der Waals surface area contributed by atoms with E-state index in [1.807, 2.05) is 0 Å². The summed E-state index contributed by atoms with van der Waals surface area (Å²) in [4.78, 5) is 25.9. The Labute approximate surface area is 132 Å². The number of nitrogens with zero attached hydrogens (tertiary/aromatic N) is 1. The molecule has 1 aliphatic heterocycles. The highest BCUT2D eigenvalue weighted by Gasteiger charge is 2.50. The lowest BCUT2D eigenvalue weighted by atomic mass is 9.96. The molecule has 0 radical (unpaired) electrons. The largest absolute Gasteiger partial charge is 0.458 e. The molecule has 1 aliphatic rings. The van der Waals surface area contributed by atoms with Gasteiger partial charge in [-0.1, -0.05) is 6.92 Å². The third-order valence-corrected chi connectivity index (χ3v) is 3.32. The molecule has 0 aromatic rings. The molecule has 1 heterocycles. The lowest BCUT2D eigenvalue weighted by Gasteiger charge is -2.31. The van der Waals surface area contributed by atoms with Crippen LogP contribution in [-0.4, -0.2) is 46.9 Å². The fourth-order valence-electron chi connectivity index (χ4n) is 2.52. The predicted molar refractivity (Wildman–Crippen MR) is 81.3 cm³/mol. The van der Waals surface area contributed by atoms with Gasteiger partial charge in [0, 0.05) is 5.92 Å². The van der Waals surface area contributed by atoms with Crippen molar-refractivity contribution in [3.05, 3.63) is 0 Å². The second kappa shape index (κ2) is 6.42. The maximum Gasteiger partial charge on any atom is 0.411 e. The van der Waals surface area contributed by atoms with Gasteiger partial charge < -0.3 is 9.47 Å². The first-order valence-corrected chi connectivity index (χ1v) is 7.72. The van der Waals surface area contributed by atoms with Crippen LogP contribution in [0.1, 0.15) is 54.9 Å². The normalized spacial score (nSPS) is 26.0. The molecule has 0 bridgehead atoms. The molecule has 1 saturated heterocycles. The number of amides is 1. The van der Waals surface area contributed by atoms with Gasteiger partial charge in [0.2, 0.25) is 0 Å². The summed E-state index contributed by atoms with van der Waals surface area (Å²) < 4.78 is 24.9. The molecule has 0 aromatic carbocycles.